The van der Waals surface area contributed by atoms with Gasteiger partial charge in [0.05, 0.1) is 6.61 Å². The van der Waals surface area contributed by atoms with Crippen molar-refractivity contribution in [1.82, 2.24) is 10.3 Å². The third-order valence-corrected chi connectivity index (χ3v) is 4.61. The van der Waals surface area contributed by atoms with Crippen LogP contribution in [0.25, 0.3) is 0 Å². The molecule has 0 amide bonds. The molecule has 1 aromatic heterocycles. The molecule has 4 heteroatoms. The van der Waals surface area contributed by atoms with Crippen molar-refractivity contribution in [1.29, 1.82) is 0 Å². The van der Waals surface area contributed by atoms with Crippen LogP contribution in [0.1, 0.15) is 43.7 Å². The second kappa shape index (κ2) is 9.42. The zero-order valence-electron chi connectivity index (χ0n) is 15.2. The van der Waals surface area contributed by atoms with Crippen molar-refractivity contribution in [3.63, 3.8) is 0 Å². The van der Waals surface area contributed by atoms with Gasteiger partial charge in [-0.25, -0.2) is 4.98 Å². The number of nitrogens with zero attached hydrogens (tertiary/aromatic N) is 2. The fraction of sp³-hybridized carbons (Fsp3) is 0.476. The first kappa shape index (κ1) is 17.7. The Kier molecular flexibility index (Phi) is 6.69. The molecular weight excluding hydrogens is 310 g/mol. The van der Waals surface area contributed by atoms with Gasteiger partial charge in [-0.3, -0.25) is 0 Å². The summed E-state index contributed by atoms with van der Waals surface area (Å²) in [5, 5.41) is 3.49. The van der Waals surface area contributed by atoms with Crippen LogP contribution in [0, 0.1) is 0 Å². The predicted molar refractivity (Wildman–Crippen MR) is 103 cm³/mol. The molecule has 1 fully saturated rings. The van der Waals surface area contributed by atoms with Crippen LogP contribution in [0.5, 0.6) is 5.75 Å². The van der Waals surface area contributed by atoms with Gasteiger partial charge in [0.15, 0.2) is 0 Å². The van der Waals surface area contributed by atoms with Crippen molar-refractivity contribution in [3.8, 4) is 5.75 Å². The van der Waals surface area contributed by atoms with Crippen LogP contribution < -0.4 is 15.0 Å². The van der Waals surface area contributed by atoms with Crippen LogP contribution in [-0.4, -0.2) is 24.7 Å². The van der Waals surface area contributed by atoms with Gasteiger partial charge in [-0.15, -0.1) is 0 Å². The Hall–Kier alpha value is -2.07. The van der Waals surface area contributed by atoms with Crippen molar-refractivity contribution in [3.05, 3.63) is 53.7 Å². The minimum absolute atomic E-state index is 0.700. The maximum atomic E-state index is 5.55. The summed E-state index contributed by atoms with van der Waals surface area (Å²) in [5.74, 6) is 2.06. The first-order valence-electron chi connectivity index (χ1n) is 9.47. The summed E-state index contributed by atoms with van der Waals surface area (Å²) in [4.78, 5) is 7.09. The topological polar surface area (TPSA) is 37.4 Å². The van der Waals surface area contributed by atoms with Gasteiger partial charge < -0.3 is 15.0 Å². The lowest BCUT2D eigenvalue weighted by Gasteiger charge is -2.21. The molecule has 4 nitrogen and oxygen atoms in total. The summed E-state index contributed by atoms with van der Waals surface area (Å²) in [6.07, 6.45) is 7.27. The molecule has 0 bridgehead atoms. The van der Waals surface area contributed by atoms with E-state index in [2.05, 4.69) is 39.5 Å². The zero-order chi connectivity index (χ0) is 17.3. The predicted octanol–water partition coefficient (Wildman–Crippen LogP) is 4.15. The van der Waals surface area contributed by atoms with Gasteiger partial charge in [0, 0.05) is 32.4 Å². The Bertz CT molecular complexity index is 634. The fourth-order valence-corrected chi connectivity index (χ4v) is 3.27. The molecule has 134 valence electrons. The van der Waals surface area contributed by atoms with E-state index in [1.807, 2.05) is 25.3 Å². The molecule has 0 atom stereocenters. The van der Waals surface area contributed by atoms with Crippen molar-refractivity contribution < 1.29 is 4.74 Å². The Morgan fingerprint density at radius 3 is 2.52 bits per heavy atom. The van der Waals surface area contributed by atoms with E-state index in [1.165, 1.54) is 36.8 Å². The second-order valence-electron chi connectivity index (χ2n) is 6.61. The summed E-state index contributed by atoms with van der Waals surface area (Å²) >= 11 is 0. The number of hydrogen-bond donors (Lipinski definition) is 1. The third-order valence-electron chi connectivity index (χ3n) is 4.61. The minimum atomic E-state index is 0.700. The molecule has 3 rings (SSSR count). The Labute approximate surface area is 151 Å². The van der Waals surface area contributed by atoms with Crippen molar-refractivity contribution in [2.75, 3.05) is 24.6 Å². The molecule has 0 unspecified atom stereocenters. The number of aromatic nitrogens is 1. The number of anilines is 1. The first-order chi connectivity index (χ1) is 12.3. The van der Waals surface area contributed by atoms with E-state index in [9.17, 15) is 0 Å². The van der Waals surface area contributed by atoms with Crippen molar-refractivity contribution >= 4 is 5.82 Å². The molecule has 1 aromatic carbocycles. The largest absolute Gasteiger partial charge is 0.494 e. The summed E-state index contributed by atoms with van der Waals surface area (Å²) in [6.45, 7) is 6.64. The molecule has 0 aliphatic carbocycles. The first-order valence-corrected chi connectivity index (χ1v) is 9.47. The molecule has 2 heterocycles. The van der Waals surface area contributed by atoms with Crippen LogP contribution in [0.2, 0.25) is 0 Å². The van der Waals surface area contributed by atoms with Gasteiger partial charge in [0.1, 0.15) is 11.6 Å². The van der Waals surface area contributed by atoms with Crippen molar-refractivity contribution in [2.45, 2.75) is 45.7 Å². The summed E-state index contributed by atoms with van der Waals surface area (Å²) in [7, 11) is 0. The second-order valence-corrected chi connectivity index (χ2v) is 6.61. The molecule has 2 aromatic rings. The van der Waals surface area contributed by atoms with Gasteiger partial charge in [-0.05, 0) is 49.1 Å². The normalized spacial score (nSPS) is 15.0. The monoisotopic (exact) mass is 339 g/mol. The SMILES string of the molecule is CCOc1cccc(CNCc2ccc(N3CCCCCC3)nc2)c1. The summed E-state index contributed by atoms with van der Waals surface area (Å²) in [5.41, 5.74) is 2.46. The fourth-order valence-electron chi connectivity index (χ4n) is 3.27. The molecule has 1 saturated heterocycles. The van der Waals surface area contributed by atoms with Crippen LogP contribution in [0.3, 0.4) is 0 Å². The Morgan fingerprint density at radius 1 is 1.00 bits per heavy atom. The lowest BCUT2D eigenvalue weighted by molar-refractivity contribution is 0.340. The number of rotatable bonds is 7. The number of pyridine rings is 1. The molecule has 1 aliphatic heterocycles. The molecule has 0 spiro atoms. The minimum Gasteiger partial charge on any atom is -0.494 e. The van der Waals surface area contributed by atoms with E-state index in [0.29, 0.717) is 6.61 Å². The highest BCUT2D eigenvalue weighted by Gasteiger charge is 2.10. The van der Waals surface area contributed by atoms with Crippen LogP contribution in [0.4, 0.5) is 5.82 Å². The highest BCUT2D eigenvalue weighted by molar-refractivity contribution is 5.39. The maximum Gasteiger partial charge on any atom is 0.128 e. The molecular formula is C21H29N3O. The van der Waals surface area contributed by atoms with Crippen LogP contribution >= 0.6 is 0 Å². The zero-order valence-corrected chi connectivity index (χ0v) is 15.2. The van der Waals surface area contributed by atoms with E-state index < -0.39 is 0 Å². The average molecular weight is 339 g/mol. The van der Waals surface area contributed by atoms with Gasteiger partial charge >= 0.3 is 0 Å². The highest BCUT2D eigenvalue weighted by Crippen LogP contribution is 2.17. The average Bonchev–Trinajstić information content (AvgIpc) is 2.92. The quantitative estimate of drug-likeness (QED) is 0.822. The lowest BCUT2D eigenvalue weighted by atomic mass is 10.2. The maximum absolute atomic E-state index is 5.55. The van der Waals surface area contributed by atoms with E-state index in [1.54, 1.807) is 0 Å². The summed E-state index contributed by atoms with van der Waals surface area (Å²) in [6, 6.07) is 12.6. The van der Waals surface area contributed by atoms with Gasteiger partial charge in [-0.2, -0.15) is 0 Å². The van der Waals surface area contributed by atoms with Crippen molar-refractivity contribution in [2.24, 2.45) is 0 Å². The van der Waals surface area contributed by atoms with E-state index in [0.717, 1.165) is 37.7 Å². The Balaban J connectivity index is 1.49. The van der Waals surface area contributed by atoms with E-state index >= 15 is 0 Å². The van der Waals surface area contributed by atoms with Gasteiger partial charge in [0.25, 0.3) is 0 Å². The molecule has 0 radical (unpaired) electrons. The summed E-state index contributed by atoms with van der Waals surface area (Å²) < 4.78 is 5.55. The smallest absolute Gasteiger partial charge is 0.128 e. The van der Waals surface area contributed by atoms with Crippen LogP contribution in [0.15, 0.2) is 42.6 Å². The number of ether oxygens (including phenoxy) is 1. The van der Waals surface area contributed by atoms with Gasteiger partial charge in [0.2, 0.25) is 0 Å². The lowest BCUT2D eigenvalue weighted by Crippen LogP contribution is -2.24. The molecule has 1 N–H and O–H groups in total. The third kappa shape index (κ3) is 5.46. The molecule has 25 heavy (non-hydrogen) atoms. The Morgan fingerprint density at radius 2 is 1.80 bits per heavy atom. The standard InChI is InChI=1S/C21H29N3O/c1-2-25-20-9-7-8-18(14-20)15-22-16-19-10-11-21(23-17-19)24-12-5-3-4-6-13-24/h7-11,14,17,22H,2-6,12-13,15-16H2,1H3. The number of nitrogens with one attached hydrogen (secondary N) is 1. The molecule has 0 saturated carbocycles. The van der Waals surface area contributed by atoms with Gasteiger partial charge in [-0.1, -0.05) is 31.0 Å². The highest BCUT2D eigenvalue weighted by atomic mass is 16.5. The van der Waals surface area contributed by atoms with E-state index in [4.69, 9.17) is 4.74 Å². The van der Waals surface area contributed by atoms with E-state index in [-0.39, 0.29) is 0 Å². The van der Waals surface area contributed by atoms with Crippen LogP contribution in [-0.2, 0) is 13.1 Å². The molecule has 1 aliphatic rings. The number of hydrogen-bond acceptors (Lipinski definition) is 4. The number of benzene rings is 1.